The third-order valence-electron chi connectivity index (χ3n) is 5.86. The standard InChI is InChI=1S/C15H28N2O/c1-17-13-4-5-14(17)9-12(8-13)16-10-15(11-18)6-2-3-7-15/h12-14,16,18H,2-11H2,1H3. The number of aliphatic hydroxyl groups excluding tert-OH is 1. The van der Waals surface area contributed by atoms with Gasteiger partial charge in [-0.15, -0.1) is 0 Å². The summed E-state index contributed by atoms with van der Waals surface area (Å²) >= 11 is 0. The first-order valence-corrected chi connectivity index (χ1v) is 7.79. The topological polar surface area (TPSA) is 35.5 Å². The van der Waals surface area contributed by atoms with E-state index in [-0.39, 0.29) is 5.41 Å². The summed E-state index contributed by atoms with van der Waals surface area (Å²) in [6, 6.07) is 2.33. The molecule has 0 aromatic carbocycles. The molecule has 0 spiro atoms. The molecular formula is C15H28N2O. The lowest BCUT2D eigenvalue weighted by Gasteiger charge is -2.38. The highest BCUT2D eigenvalue weighted by atomic mass is 16.3. The molecule has 2 bridgehead atoms. The number of hydrogen-bond acceptors (Lipinski definition) is 3. The van der Waals surface area contributed by atoms with Crippen molar-refractivity contribution < 1.29 is 5.11 Å². The van der Waals surface area contributed by atoms with Gasteiger partial charge in [0.05, 0.1) is 0 Å². The van der Waals surface area contributed by atoms with Crippen LogP contribution in [0.25, 0.3) is 0 Å². The molecule has 1 aliphatic carbocycles. The Morgan fingerprint density at radius 2 is 1.78 bits per heavy atom. The van der Waals surface area contributed by atoms with Crippen molar-refractivity contribution in [1.82, 2.24) is 10.2 Å². The summed E-state index contributed by atoms with van der Waals surface area (Å²) in [6.45, 7) is 1.41. The average Bonchev–Trinajstić information content (AvgIpc) is 2.91. The molecule has 2 aliphatic heterocycles. The molecule has 2 unspecified atom stereocenters. The number of rotatable bonds is 4. The minimum absolute atomic E-state index is 0.211. The summed E-state index contributed by atoms with van der Waals surface area (Å²) in [7, 11) is 2.30. The fourth-order valence-electron chi connectivity index (χ4n) is 4.45. The lowest BCUT2D eigenvalue weighted by Crippen LogP contribution is -2.49. The smallest absolute Gasteiger partial charge is 0.0499 e. The van der Waals surface area contributed by atoms with Gasteiger partial charge in [-0.25, -0.2) is 0 Å². The summed E-state index contributed by atoms with van der Waals surface area (Å²) in [5.74, 6) is 0. The van der Waals surface area contributed by atoms with Crippen LogP contribution in [-0.2, 0) is 0 Å². The zero-order chi connectivity index (χ0) is 12.6. The molecule has 3 rings (SSSR count). The Hall–Kier alpha value is -0.120. The molecule has 104 valence electrons. The molecule has 2 heterocycles. The lowest BCUT2D eigenvalue weighted by atomic mass is 9.86. The van der Waals surface area contributed by atoms with Gasteiger partial charge in [0.25, 0.3) is 0 Å². The van der Waals surface area contributed by atoms with E-state index in [0.29, 0.717) is 12.6 Å². The number of hydrogen-bond donors (Lipinski definition) is 2. The Kier molecular flexibility index (Phi) is 3.65. The molecule has 0 aromatic heterocycles. The third-order valence-corrected chi connectivity index (χ3v) is 5.86. The van der Waals surface area contributed by atoms with Crippen molar-refractivity contribution in [3.8, 4) is 0 Å². The van der Waals surface area contributed by atoms with Crippen molar-refractivity contribution in [3.05, 3.63) is 0 Å². The Bertz CT molecular complexity index is 274. The van der Waals surface area contributed by atoms with Gasteiger partial charge in [0.15, 0.2) is 0 Å². The molecule has 3 nitrogen and oxygen atoms in total. The van der Waals surface area contributed by atoms with Crippen LogP contribution < -0.4 is 5.32 Å². The summed E-state index contributed by atoms with van der Waals surface area (Å²) in [5, 5.41) is 13.4. The summed E-state index contributed by atoms with van der Waals surface area (Å²) in [4.78, 5) is 2.59. The molecule has 3 fully saturated rings. The molecule has 0 amide bonds. The third kappa shape index (κ3) is 2.33. The van der Waals surface area contributed by atoms with Gasteiger partial charge in [-0.1, -0.05) is 12.8 Å². The molecule has 1 saturated carbocycles. The Morgan fingerprint density at radius 1 is 1.17 bits per heavy atom. The molecule has 2 N–H and O–H groups in total. The number of nitrogens with one attached hydrogen (secondary N) is 1. The van der Waals surface area contributed by atoms with Crippen LogP contribution in [0.15, 0.2) is 0 Å². The summed E-state index contributed by atoms with van der Waals surface area (Å²) in [6.07, 6.45) is 10.5. The maximum Gasteiger partial charge on any atom is 0.0499 e. The van der Waals surface area contributed by atoms with E-state index in [4.69, 9.17) is 0 Å². The van der Waals surface area contributed by atoms with Gasteiger partial charge in [-0.3, -0.25) is 0 Å². The van der Waals surface area contributed by atoms with Gasteiger partial charge in [-0.05, 0) is 45.6 Å². The monoisotopic (exact) mass is 252 g/mol. The van der Waals surface area contributed by atoms with Crippen molar-refractivity contribution in [1.29, 1.82) is 0 Å². The van der Waals surface area contributed by atoms with E-state index in [1.807, 2.05) is 0 Å². The van der Waals surface area contributed by atoms with Crippen LogP contribution in [0.5, 0.6) is 0 Å². The molecule has 0 aromatic rings. The summed E-state index contributed by atoms with van der Waals surface area (Å²) in [5.41, 5.74) is 0.211. The van der Waals surface area contributed by atoms with Gasteiger partial charge in [-0.2, -0.15) is 0 Å². The van der Waals surface area contributed by atoms with Gasteiger partial charge >= 0.3 is 0 Å². The van der Waals surface area contributed by atoms with Crippen molar-refractivity contribution in [2.75, 3.05) is 20.2 Å². The van der Waals surface area contributed by atoms with Crippen LogP contribution in [0.1, 0.15) is 51.4 Å². The zero-order valence-electron chi connectivity index (χ0n) is 11.7. The Balaban J connectivity index is 1.52. The van der Waals surface area contributed by atoms with Gasteiger partial charge < -0.3 is 15.3 Å². The van der Waals surface area contributed by atoms with E-state index in [9.17, 15) is 5.11 Å². The SMILES string of the molecule is CN1C2CCC1CC(NCC1(CO)CCCC1)C2. The predicted molar refractivity (Wildman–Crippen MR) is 73.6 cm³/mol. The second-order valence-electron chi connectivity index (χ2n) is 6.96. The highest BCUT2D eigenvalue weighted by molar-refractivity contribution is 4.97. The normalized spacial score (nSPS) is 39.3. The molecular weight excluding hydrogens is 224 g/mol. The number of piperidine rings is 1. The second-order valence-corrected chi connectivity index (χ2v) is 6.96. The van der Waals surface area contributed by atoms with Crippen LogP contribution in [0, 0.1) is 5.41 Å². The highest BCUT2D eigenvalue weighted by Gasteiger charge is 2.39. The van der Waals surface area contributed by atoms with Crippen molar-refractivity contribution in [2.45, 2.75) is 69.5 Å². The van der Waals surface area contributed by atoms with E-state index in [0.717, 1.165) is 18.6 Å². The Labute approximate surface area is 111 Å². The molecule has 2 atom stereocenters. The first-order chi connectivity index (χ1) is 8.72. The van der Waals surface area contributed by atoms with E-state index >= 15 is 0 Å². The summed E-state index contributed by atoms with van der Waals surface area (Å²) < 4.78 is 0. The van der Waals surface area contributed by atoms with Gasteiger partial charge in [0.1, 0.15) is 0 Å². The predicted octanol–water partition coefficient (Wildman–Crippen LogP) is 1.75. The minimum Gasteiger partial charge on any atom is -0.396 e. The van der Waals surface area contributed by atoms with E-state index < -0.39 is 0 Å². The first kappa shape index (κ1) is 12.9. The average molecular weight is 252 g/mol. The molecule has 18 heavy (non-hydrogen) atoms. The van der Waals surface area contributed by atoms with Crippen LogP contribution in [0.2, 0.25) is 0 Å². The highest BCUT2D eigenvalue weighted by Crippen LogP contribution is 2.38. The first-order valence-electron chi connectivity index (χ1n) is 7.79. The van der Waals surface area contributed by atoms with Gasteiger partial charge in [0, 0.05) is 36.7 Å². The number of nitrogens with zero attached hydrogens (tertiary/aromatic N) is 1. The molecule has 0 radical (unpaired) electrons. The fourth-order valence-corrected chi connectivity index (χ4v) is 4.45. The van der Waals surface area contributed by atoms with Gasteiger partial charge in [0.2, 0.25) is 0 Å². The maximum absolute atomic E-state index is 9.66. The van der Waals surface area contributed by atoms with E-state index in [1.165, 1.54) is 51.4 Å². The van der Waals surface area contributed by atoms with Crippen molar-refractivity contribution in [3.63, 3.8) is 0 Å². The van der Waals surface area contributed by atoms with Crippen LogP contribution >= 0.6 is 0 Å². The maximum atomic E-state index is 9.66. The molecule has 3 aliphatic rings. The lowest BCUT2D eigenvalue weighted by molar-refractivity contribution is 0.106. The number of aliphatic hydroxyl groups is 1. The molecule has 3 heteroatoms. The van der Waals surface area contributed by atoms with Crippen LogP contribution in [0.4, 0.5) is 0 Å². The van der Waals surface area contributed by atoms with E-state index in [2.05, 4.69) is 17.3 Å². The van der Waals surface area contributed by atoms with Crippen molar-refractivity contribution in [2.24, 2.45) is 5.41 Å². The molecule has 2 saturated heterocycles. The largest absolute Gasteiger partial charge is 0.396 e. The fraction of sp³-hybridized carbons (Fsp3) is 1.00. The minimum atomic E-state index is 0.211. The van der Waals surface area contributed by atoms with Crippen LogP contribution in [-0.4, -0.2) is 48.3 Å². The van der Waals surface area contributed by atoms with Crippen molar-refractivity contribution >= 4 is 0 Å². The quantitative estimate of drug-likeness (QED) is 0.800. The Morgan fingerprint density at radius 3 is 2.33 bits per heavy atom. The number of fused-ring (bicyclic) bond motifs is 2. The van der Waals surface area contributed by atoms with Crippen LogP contribution in [0.3, 0.4) is 0 Å². The second kappa shape index (κ2) is 5.10. The van der Waals surface area contributed by atoms with E-state index in [1.54, 1.807) is 0 Å². The zero-order valence-corrected chi connectivity index (χ0v) is 11.7.